The third-order valence-electron chi connectivity index (χ3n) is 5.66. The van der Waals surface area contributed by atoms with Crippen molar-refractivity contribution in [3.05, 3.63) is 53.8 Å². The monoisotopic (exact) mass is 496 g/mol. The predicted molar refractivity (Wildman–Crippen MR) is 145 cm³/mol. The van der Waals surface area contributed by atoms with Crippen LogP contribution in [0.15, 0.2) is 48.2 Å². The molecule has 0 saturated heterocycles. The van der Waals surface area contributed by atoms with E-state index < -0.39 is 5.97 Å². The fourth-order valence-corrected chi connectivity index (χ4v) is 3.64. The third kappa shape index (κ3) is 9.64. The molecule has 2 N–H and O–H groups in total. The van der Waals surface area contributed by atoms with Crippen LogP contribution >= 0.6 is 0 Å². The molecule has 7 heteroatoms. The lowest BCUT2D eigenvalue weighted by molar-refractivity contribution is -0.139. The van der Waals surface area contributed by atoms with Gasteiger partial charge in [-0.05, 0) is 48.2 Å². The summed E-state index contributed by atoms with van der Waals surface area (Å²) in [5.74, 6) is 0.242. The van der Waals surface area contributed by atoms with Gasteiger partial charge in [0.2, 0.25) is 5.76 Å². The molecule has 2 amide bonds. The second kappa shape index (κ2) is 16.2. The van der Waals surface area contributed by atoms with E-state index >= 15 is 0 Å². The number of hydrogen-bond donors (Lipinski definition) is 2. The Kier molecular flexibility index (Phi) is 13.0. The van der Waals surface area contributed by atoms with Crippen molar-refractivity contribution >= 4 is 23.8 Å². The first-order chi connectivity index (χ1) is 17.5. The van der Waals surface area contributed by atoms with Gasteiger partial charge in [0, 0.05) is 17.8 Å². The van der Waals surface area contributed by atoms with Crippen LogP contribution in [-0.4, -0.2) is 39.4 Å². The Morgan fingerprint density at radius 3 is 2.39 bits per heavy atom. The summed E-state index contributed by atoms with van der Waals surface area (Å²) in [4.78, 5) is 24.2. The smallest absolute Gasteiger partial charge is 0.373 e. The Bertz CT molecular complexity index is 1000. The fourth-order valence-electron chi connectivity index (χ4n) is 3.64. The zero-order valence-electron chi connectivity index (χ0n) is 22.0. The predicted octanol–water partition coefficient (Wildman–Crippen LogP) is 6.78. The molecule has 0 fully saturated rings. The van der Waals surface area contributed by atoms with Crippen LogP contribution in [0.1, 0.15) is 64.4 Å². The first-order valence-corrected chi connectivity index (χ1v) is 12.8. The molecule has 0 radical (unpaired) electrons. The van der Waals surface area contributed by atoms with Crippen LogP contribution in [0.5, 0.6) is 5.75 Å². The molecule has 0 bridgehead atoms. The quantitative estimate of drug-likeness (QED) is 0.123. The molecular weight excluding hydrogens is 456 g/mol. The van der Waals surface area contributed by atoms with Crippen molar-refractivity contribution in [1.82, 2.24) is 5.32 Å². The molecule has 0 heterocycles. The van der Waals surface area contributed by atoms with Crippen LogP contribution in [0.4, 0.5) is 10.5 Å². The summed E-state index contributed by atoms with van der Waals surface area (Å²) < 4.78 is 16.0. The third-order valence-corrected chi connectivity index (χ3v) is 5.66. The molecule has 196 valence electrons. The largest absolute Gasteiger partial charge is 0.493 e. The van der Waals surface area contributed by atoms with Gasteiger partial charge in [0.1, 0.15) is 5.75 Å². The Labute approximate surface area is 215 Å². The van der Waals surface area contributed by atoms with E-state index in [9.17, 15) is 9.59 Å². The van der Waals surface area contributed by atoms with Crippen LogP contribution in [0, 0.1) is 0 Å². The van der Waals surface area contributed by atoms with Gasteiger partial charge in [-0.15, -0.1) is 0 Å². The molecule has 2 aromatic carbocycles. The zero-order valence-corrected chi connectivity index (χ0v) is 22.0. The highest BCUT2D eigenvalue weighted by atomic mass is 16.6. The van der Waals surface area contributed by atoms with Gasteiger partial charge in [-0.1, -0.05) is 70.2 Å². The van der Waals surface area contributed by atoms with Crippen LogP contribution < -0.4 is 15.4 Å². The number of benzene rings is 2. The average Bonchev–Trinajstić information content (AvgIpc) is 2.89. The molecule has 0 aromatic heterocycles. The summed E-state index contributed by atoms with van der Waals surface area (Å²) >= 11 is 0. The molecule has 2 aromatic rings. The number of nitrogens with one attached hydrogen (secondary N) is 2. The van der Waals surface area contributed by atoms with E-state index in [4.69, 9.17) is 14.2 Å². The van der Waals surface area contributed by atoms with Crippen molar-refractivity contribution in [1.29, 1.82) is 0 Å². The lowest BCUT2D eigenvalue weighted by Crippen LogP contribution is -2.29. The second-order valence-corrected chi connectivity index (χ2v) is 8.54. The summed E-state index contributed by atoms with van der Waals surface area (Å²) in [6.07, 6.45) is 9.30. The Hall–Kier alpha value is -3.48. The average molecular weight is 497 g/mol. The molecule has 0 aliphatic heterocycles. The maximum Gasteiger partial charge on any atom is 0.373 e. The molecule has 0 spiro atoms. The number of ether oxygens (including phenoxy) is 3. The first-order valence-electron chi connectivity index (χ1n) is 12.8. The van der Waals surface area contributed by atoms with E-state index in [-0.39, 0.29) is 11.8 Å². The molecule has 36 heavy (non-hydrogen) atoms. The number of hydrogen-bond acceptors (Lipinski definition) is 5. The standard InChI is InChI=1S/C29H40N2O5/c1-5-7-9-10-11-17-30-29(33)31-24-14-12-13-23(21-24)25-16-15-22(19-26(25)36-18-8-6-2)20-27(34-3)28(32)35-4/h12-16,19-21H,5-11,17-18H2,1-4H3,(H2,30,31,33). The minimum atomic E-state index is -0.548. The number of amides is 2. The second-order valence-electron chi connectivity index (χ2n) is 8.54. The molecule has 0 aliphatic carbocycles. The molecule has 0 unspecified atom stereocenters. The number of urea groups is 1. The van der Waals surface area contributed by atoms with Gasteiger partial charge in [0.15, 0.2) is 0 Å². The maximum absolute atomic E-state index is 12.3. The minimum Gasteiger partial charge on any atom is -0.493 e. The van der Waals surface area contributed by atoms with Crippen molar-refractivity contribution in [2.24, 2.45) is 0 Å². The number of anilines is 1. The van der Waals surface area contributed by atoms with Gasteiger partial charge in [-0.3, -0.25) is 0 Å². The van der Waals surface area contributed by atoms with Crippen molar-refractivity contribution in [2.75, 3.05) is 32.7 Å². The maximum atomic E-state index is 12.3. The Morgan fingerprint density at radius 2 is 1.67 bits per heavy atom. The number of unbranched alkanes of at least 4 members (excludes halogenated alkanes) is 5. The highest BCUT2D eigenvalue weighted by Gasteiger charge is 2.13. The normalized spacial score (nSPS) is 11.1. The lowest BCUT2D eigenvalue weighted by Gasteiger charge is -2.14. The van der Waals surface area contributed by atoms with E-state index in [0.29, 0.717) is 24.6 Å². The van der Waals surface area contributed by atoms with Crippen LogP contribution in [0.3, 0.4) is 0 Å². The summed E-state index contributed by atoms with van der Waals surface area (Å²) in [7, 11) is 2.74. The number of esters is 1. The van der Waals surface area contributed by atoms with Gasteiger partial charge in [-0.2, -0.15) is 0 Å². The summed E-state index contributed by atoms with van der Waals surface area (Å²) in [6, 6.07) is 13.1. The number of carbonyl (C=O) groups is 2. The first kappa shape index (κ1) is 28.8. The molecule has 2 rings (SSSR count). The van der Waals surface area contributed by atoms with Crippen molar-refractivity contribution in [2.45, 2.75) is 58.8 Å². The van der Waals surface area contributed by atoms with Gasteiger partial charge >= 0.3 is 12.0 Å². The molecule has 0 aliphatic rings. The fraction of sp³-hybridized carbons (Fsp3) is 0.448. The van der Waals surface area contributed by atoms with Crippen LogP contribution in [0.25, 0.3) is 17.2 Å². The van der Waals surface area contributed by atoms with Crippen molar-refractivity contribution in [3.63, 3.8) is 0 Å². The lowest BCUT2D eigenvalue weighted by atomic mass is 10.0. The van der Waals surface area contributed by atoms with Crippen molar-refractivity contribution < 1.29 is 23.8 Å². The SMILES string of the molecule is CCCCCCCNC(=O)Nc1cccc(-c2ccc(C=C(OC)C(=O)OC)cc2OCCCC)c1. The van der Waals surface area contributed by atoms with Gasteiger partial charge in [0.25, 0.3) is 0 Å². The molecule has 0 saturated carbocycles. The summed E-state index contributed by atoms with van der Waals surface area (Å²) in [5.41, 5.74) is 3.25. The molecule has 0 atom stereocenters. The molecular formula is C29H40N2O5. The minimum absolute atomic E-state index is 0.104. The highest BCUT2D eigenvalue weighted by molar-refractivity contribution is 5.92. The number of carbonyl (C=O) groups excluding carboxylic acids is 2. The van der Waals surface area contributed by atoms with E-state index in [1.54, 1.807) is 6.08 Å². The summed E-state index contributed by atoms with van der Waals surface area (Å²) in [6.45, 7) is 5.53. The van der Waals surface area contributed by atoms with E-state index in [2.05, 4.69) is 24.5 Å². The zero-order chi connectivity index (χ0) is 26.2. The topological polar surface area (TPSA) is 85.9 Å². The van der Waals surface area contributed by atoms with Gasteiger partial charge in [0.05, 0.1) is 20.8 Å². The van der Waals surface area contributed by atoms with Crippen LogP contribution in [-0.2, 0) is 14.3 Å². The van der Waals surface area contributed by atoms with Crippen molar-refractivity contribution in [3.8, 4) is 16.9 Å². The molecule has 7 nitrogen and oxygen atoms in total. The van der Waals surface area contributed by atoms with E-state index in [0.717, 1.165) is 42.4 Å². The Morgan fingerprint density at radius 1 is 0.889 bits per heavy atom. The summed E-state index contributed by atoms with van der Waals surface area (Å²) in [5, 5.41) is 5.85. The van der Waals surface area contributed by atoms with Crippen LogP contribution in [0.2, 0.25) is 0 Å². The van der Waals surface area contributed by atoms with E-state index in [1.807, 2.05) is 42.5 Å². The number of methoxy groups -OCH3 is 2. The number of rotatable bonds is 15. The Balaban J connectivity index is 2.19. The highest BCUT2D eigenvalue weighted by Crippen LogP contribution is 2.33. The van der Waals surface area contributed by atoms with Gasteiger partial charge < -0.3 is 24.8 Å². The van der Waals surface area contributed by atoms with E-state index in [1.165, 1.54) is 33.5 Å². The van der Waals surface area contributed by atoms with Gasteiger partial charge in [-0.25, -0.2) is 9.59 Å².